The summed E-state index contributed by atoms with van der Waals surface area (Å²) < 4.78 is 2.01. The fourth-order valence-electron chi connectivity index (χ4n) is 1.05. The largest absolute Gasteiger partial charge is 0.307 e. The van der Waals surface area contributed by atoms with E-state index in [0.717, 1.165) is 16.7 Å². The smallest absolute Gasteiger partial charge is 0.137 e. The number of pyridine rings is 1. The van der Waals surface area contributed by atoms with E-state index in [1.54, 1.807) is 0 Å². The van der Waals surface area contributed by atoms with Gasteiger partial charge in [0.05, 0.1) is 5.69 Å². The first-order valence-corrected chi connectivity index (χ1v) is 4.51. The van der Waals surface area contributed by atoms with Crippen molar-refractivity contribution in [3.63, 3.8) is 0 Å². The Labute approximate surface area is 73.0 Å². The predicted molar refractivity (Wildman–Crippen MR) is 47.8 cm³/mol. The van der Waals surface area contributed by atoms with Gasteiger partial charge < -0.3 is 4.40 Å². The third kappa shape index (κ3) is 1.16. The van der Waals surface area contributed by atoms with Gasteiger partial charge in [0, 0.05) is 17.7 Å². The average Bonchev–Trinajstić information content (AvgIpc) is 2.46. The molecule has 0 atom stereocenters. The van der Waals surface area contributed by atoms with Gasteiger partial charge in [-0.1, -0.05) is 22.0 Å². The monoisotopic (exact) mass is 210 g/mol. The number of fused-ring (bicyclic) bond motifs is 1. The molecule has 3 heteroatoms. The zero-order chi connectivity index (χ0) is 7.68. The van der Waals surface area contributed by atoms with E-state index >= 15 is 0 Å². The Balaban J connectivity index is 2.69. The van der Waals surface area contributed by atoms with E-state index in [1.165, 1.54) is 0 Å². The summed E-state index contributed by atoms with van der Waals surface area (Å²) in [7, 11) is 0. The minimum atomic E-state index is 0.814. The second kappa shape index (κ2) is 2.66. The summed E-state index contributed by atoms with van der Waals surface area (Å²) in [4.78, 5) is 4.35. The number of nitrogens with zero attached hydrogens (tertiary/aromatic N) is 2. The second-order valence-corrected chi connectivity index (χ2v) is 2.89. The molecule has 0 saturated heterocycles. The number of alkyl halides is 1. The van der Waals surface area contributed by atoms with Gasteiger partial charge in [-0.15, -0.1) is 0 Å². The molecule has 2 aromatic rings. The second-order valence-electron chi connectivity index (χ2n) is 2.33. The quantitative estimate of drug-likeness (QED) is 0.661. The first-order valence-electron chi connectivity index (χ1n) is 3.39. The van der Waals surface area contributed by atoms with Crippen LogP contribution in [0.5, 0.6) is 0 Å². The lowest BCUT2D eigenvalue weighted by Crippen LogP contribution is -1.77. The summed E-state index contributed by atoms with van der Waals surface area (Å²) in [5, 5.41) is 0.814. The van der Waals surface area contributed by atoms with Gasteiger partial charge in [0.1, 0.15) is 5.65 Å². The first-order chi connectivity index (χ1) is 5.40. The van der Waals surface area contributed by atoms with E-state index < -0.39 is 0 Å². The molecule has 0 saturated carbocycles. The highest BCUT2D eigenvalue weighted by atomic mass is 79.9. The first kappa shape index (κ1) is 6.85. The summed E-state index contributed by atoms with van der Waals surface area (Å²) >= 11 is 3.36. The Morgan fingerprint density at radius 3 is 3.09 bits per heavy atom. The van der Waals surface area contributed by atoms with Crippen molar-refractivity contribution < 1.29 is 0 Å². The summed E-state index contributed by atoms with van der Waals surface area (Å²) in [5.41, 5.74) is 2.07. The molecule has 0 aliphatic carbocycles. The van der Waals surface area contributed by atoms with Crippen molar-refractivity contribution in [1.82, 2.24) is 9.38 Å². The van der Waals surface area contributed by atoms with Crippen molar-refractivity contribution in [3.05, 3.63) is 36.3 Å². The Kier molecular flexibility index (Phi) is 1.66. The van der Waals surface area contributed by atoms with Crippen LogP contribution in [0.2, 0.25) is 0 Å². The van der Waals surface area contributed by atoms with Gasteiger partial charge in [-0.3, -0.25) is 0 Å². The number of imidazole rings is 1. The lowest BCUT2D eigenvalue weighted by atomic mass is 10.5. The molecule has 0 N–H and O–H groups in total. The Hall–Kier alpha value is -0.830. The minimum Gasteiger partial charge on any atom is -0.307 e. The van der Waals surface area contributed by atoms with Gasteiger partial charge in [-0.05, 0) is 12.1 Å². The van der Waals surface area contributed by atoms with Gasteiger partial charge in [-0.25, -0.2) is 4.98 Å². The Bertz CT molecular complexity index is 334. The van der Waals surface area contributed by atoms with Gasteiger partial charge in [-0.2, -0.15) is 0 Å². The fourth-order valence-corrected chi connectivity index (χ4v) is 1.32. The van der Waals surface area contributed by atoms with Gasteiger partial charge in [0.25, 0.3) is 0 Å². The van der Waals surface area contributed by atoms with Crippen LogP contribution in [0.15, 0.2) is 30.6 Å². The highest BCUT2D eigenvalue weighted by Crippen LogP contribution is 2.06. The summed E-state index contributed by atoms with van der Waals surface area (Å²) in [6, 6.07) is 5.97. The van der Waals surface area contributed by atoms with E-state index in [1.807, 2.05) is 35.0 Å². The zero-order valence-corrected chi connectivity index (χ0v) is 7.45. The molecule has 0 amide bonds. The van der Waals surface area contributed by atoms with Crippen LogP contribution in [0, 0.1) is 0 Å². The highest BCUT2D eigenvalue weighted by Gasteiger charge is 1.96. The molecule has 0 fully saturated rings. The summed E-state index contributed by atoms with van der Waals surface area (Å²) in [6.45, 7) is 0. The molecular weight excluding hydrogens is 204 g/mol. The molecule has 2 rings (SSSR count). The Morgan fingerprint density at radius 1 is 1.45 bits per heavy atom. The molecule has 0 bridgehead atoms. The SMILES string of the molecule is BrCc1cn2ccccc2n1. The topological polar surface area (TPSA) is 17.3 Å². The number of halogens is 1. The van der Waals surface area contributed by atoms with E-state index in [0.29, 0.717) is 0 Å². The molecule has 2 heterocycles. The predicted octanol–water partition coefficient (Wildman–Crippen LogP) is 2.23. The van der Waals surface area contributed by atoms with Crippen LogP contribution >= 0.6 is 15.9 Å². The molecule has 0 aromatic carbocycles. The van der Waals surface area contributed by atoms with Crippen LogP contribution in [-0.4, -0.2) is 9.38 Å². The molecule has 2 nitrogen and oxygen atoms in total. The van der Waals surface area contributed by atoms with Crippen LogP contribution in [0.4, 0.5) is 0 Å². The molecule has 0 aliphatic heterocycles. The molecule has 0 radical (unpaired) electrons. The van der Waals surface area contributed by atoms with Crippen molar-refractivity contribution in [2.24, 2.45) is 0 Å². The average molecular weight is 211 g/mol. The van der Waals surface area contributed by atoms with Gasteiger partial charge in [0.15, 0.2) is 0 Å². The van der Waals surface area contributed by atoms with Crippen LogP contribution in [-0.2, 0) is 5.33 Å². The maximum absolute atomic E-state index is 4.35. The minimum absolute atomic E-state index is 0.814. The molecule has 11 heavy (non-hydrogen) atoms. The maximum atomic E-state index is 4.35. The van der Waals surface area contributed by atoms with Crippen molar-refractivity contribution in [1.29, 1.82) is 0 Å². The van der Waals surface area contributed by atoms with E-state index in [-0.39, 0.29) is 0 Å². The van der Waals surface area contributed by atoms with E-state index in [4.69, 9.17) is 0 Å². The van der Waals surface area contributed by atoms with Gasteiger partial charge in [0.2, 0.25) is 0 Å². The standard InChI is InChI=1S/C8H7BrN2/c9-5-7-6-11-4-2-1-3-8(11)10-7/h1-4,6H,5H2. The van der Waals surface area contributed by atoms with Crippen molar-refractivity contribution in [3.8, 4) is 0 Å². The van der Waals surface area contributed by atoms with Crippen LogP contribution < -0.4 is 0 Å². The lowest BCUT2D eigenvalue weighted by Gasteiger charge is -1.86. The third-order valence-electron chi connectivity index (χ3n) is 1.55. The number of rotatable bonds is 1. The van der Waals surface area contributed by atoms with Crippen molar-refractivity contribution >= 4 is 21.6 Å². The molecule has 0 unspecified atom stereocenters. The maximum Gasteiger partial charge on any atom is 0.137 e. The molecule has 2 aromatic heterocycles. The van der Waals surface area contributed by atoms with Crippen molar-refractivity contribution in [2.75, 3.05) is 0 Å². The number of aromatic nitrogens is 2. The summed E-state index contributed by atoms with van der Waals surface area (Å²) in [5.74, 6) is 0. The van der Waals surface area contributed by atoms with Crippen LogP contribution in [0.1, 0.15) is 5.69 Å². The molecule has 56 valence electrons. The van der Waals surface area contributed by atoms with Crippen LogP contribution in [0.3, 0.4) is 0 Å². The molecule has 0 aliphatic rings. The third-order valence-corrected chi connectivity index (χ3v) is 2.13. The lowest BCUT2D eigenvalue weighted by molar-refractivity contribution is 1.18. The normalized spacial score (nSPS) is 10.6. The fraction of sp³-hybridized carbons (Fsp3) is 0.125. The number of hydrogen-bond acceptors (Lipinski definition) is 1. The van der Waals surface area contributed by atoms with E-state index in [9.17, 15) is 0 Å². The van der Waals surface area contributed by atoms with E-state index in [2.05, 4.69) is 20.9 Å². The highest BCUT2D eigenvalue weighted by molar-refractivity contribution is 9.08. The zero-order valence-electron chi connectivity index (χ0n) is 5.87. The van der Waals surface area contributed by atoms with Gasteiger partial charge >= 0.3 is 0 Å². The summed E-state index contributed by atoms with van der Waals surface area (Å²) in [6.07, 6.45) is 4.01. The molecular formula is C8H7BrN2. The van der Waals surface area contributed by atoms with Crippen LogP contribution in [0.25, 0.3) is 5.65 Å². The van der Waals surface area contributed by atoms with Crippen molar-refractivity contribution in [2.45, 2.75) is 5.33 Å². The molecule has 0 spiro atoms. The number of hydrogen-bond donors (Lipinski definition) is 0. The Morgan fingerprint density at radius 2 is 2.36 bits per heavy atom.